The molecule has 0 N–H and O–H groups in total. The maximum Gasteiger partial charge on any atom is 0.341 e. The van der Waals surface area contributed by atoms with Crippen molar-refractivity contribution in [2.24, 2.45) is 5.92 Å². The van der Waals surface area contributed by atoms with Crippen molar-refractivity contribution in [2.45, 2.75) is 44.8 Å². The van der Waals surface area contributed by atoms with Gasteiger partial charge in [-0.25, -0.2) is 4.79 Å². The third kappa shape index (κ3) is 3.30. The van der Waals surface area contributed by atoms with Crippen LogP contribution in [0.4, 0.5) is 0 Å². The summed E-state index contributed by atoms with van der Waals surface area (Å²) in [6.07, 6.45) is 2.49. The van der Waals surface area contributed by atoms with Gasteiger partial charge in [0.2, 0.25) is 14.2 Å². The molecule has 0 aromatic heterocycles. The fourth-order valence-electron chi connectivity index (χ4n) is 3.90. The first kappa shape index (κ1) is 18.0. The van der Waals surface area contributed by atoms with Gasteiger partial charge < -0.3 is 8.91 Å². The zero-order valence-corrected chi connectivity index (χ0v) is 17.2. The van der Waals surface area contributed by atoms with E-state index >= 15 is 0 Å². The second-order valence-electron chi connectivity index (χ2n) is 8.58. The lowest BCUT2D eigenvalue weighted by atomic mass is 9.97. The Kier molecular flexibility index (Phi) is 4.64. The Morgan fingerprint density at radius 1 is 1.33 bits per heavy atom. The summed E-state index contributed by atoms with van der Waals surface area (Å²) in [5.41, 5.74) is 1.67. The van der Waals surface area contributed by atoms with E-state index in [0.717, 1.165) is 35.4 Å². The number of fused-ring (bicyclic) bond motifs is 1. The number of rotatable bonds is 4. The summed E-state index contributed by atoms with van der Waals surface area (Å²) in [6.45, 7) is 11.1. The molecule has 1 amide bonds. The Morgan fingerprint density at radius 3 is 2.54 bits per heavy atom. The number of hydrogen-bond acceptors (Lipinski definition) is 4. The van der Waals surface area contributed by atoms with Crippen molar-refractivity contribution in [3.05, 3.63) is 11.3 Å². The molecule has 3 heterocycles. The van der Waals surface area contributed by atoms with Crippen LogP contribution in [-0.2, 0) is 14.0 Å². The molecule has 3 rings (SSSR count). The number of likely N-dealkylation sites (N-methyl/N-ethyl adjacent to an activating group) is 1. The fourth-order valence-corrected chi connectivity index (χ4v) is 5.91. The summed E-state index contributed by atoms with van der Waals surface area (Å²) < 4.78 is 6.75. The Balaban J connectivity index is 1.92. The van der Waals surface area contributed by atoms with Crippen LogP contribution in [-0.4, -0.2) is 67.4 Å². The van der Waals surface area contributed by atoms with Gasteiger partial charge in [0.1, 0.15) is 12.2 Å². The van der Waals surface area contributed by atoms with Crippen molar-refractivity contribution in [2.75, 3.05) is 32.4 Å². The zero-order valence-electron chi connectivity index (χ0n) is 15.4. The summed E-state index contributed by atoms with van der Waals surface area (Å²) in [6, 6.07) is 0. The molecule has 0 aromatic rings. The number of nitrogens with zero attached hydrogens (tertiary/aromatic N) is 2. The summed E-state index contributed by atoms with van der Waals surface area (Å²) in [7, 11) is 0.266. The molecule has 2 atom stereocenters. The number of hydrogen-bond donors (Lipinski definition) is 0. The Hall–Kier alpha value is -0.793. The van der Waals surface area contributed by atoms with Crippen LogP contribution >= 0.6 is 11.8 Å². The topological polar surface area (TPSA) is 46.6 Å². The molecule has 0 radical (unpaired) electrons. The van der Waals surface area contributed by atoms with Crippen LogP contribution in [0.3, 0.4) is 0 Å². The van der Waals surface area contributed by atoms with Gasteiger partial charge in [0.15, 0.2) is 0 Å². The molecule has 0 saturated carbocycles. The predicted octanol–water partition coefficient (Wildman–Crippen LogP) is 2.41. The second kappa shape index (κ2) is 6.18. The number of amides is 1. The van der Waals surface area contributed by atoms with Crippen molar-refractivity contribution in [1.82, 2.24) is 4.90 Å². The molecule has 5 nitrogen and oxygen atoms in total. The SMILES string of the molecule is CC1C(=O)N2C(C(=O)O[Si](C)(C)C)=C(C[N+]3(C)CCCC3)CSC12. The summed E-state index contributed by atoms with van der Waals surface area (Å²) in [5, 5.41) is 0.106. The Labute approximate surface area is 150 Å². The van der Waals surface area contributed by atoms with E-state index in [4.69, 9.17) is 4.43 Å². The molecule has 7 heteroatoms. The Morgan fingerprint density at radius 2 is 1.96 bits per heavy atom. The minimum atomic E-state index is -2.00. The summed E-state index contributed by atoms with van der Waals surface area (Å²) in [4.78, 5) is 27.0. The highest BCUT2D eigenvalue weighted by Gasteiger charge is 2.52. The van der Waals surface area contributed by atoms with Gasteiger partial charge in [0.05, 0.1) is 31.4 Å². The van der Waals surface area contributed by atoms with Crippen molar-refractivity contribution in [1.29, 1.82) is 0 Å². The van der Waals surface area contributed by atoms with Gasteiger partial charge in [0, 0.05) is 24.2 Å². The van der Waals surface area contributed by atoms with Crippen LogP contribution in [0.1, 0.15) is 19.8 Å². The maximum atomic E-state index is 12.9. The molecule has 0 spiro atoms. The number of carbonyl (C=O) groups excluding carboxylic acids is 2. The number of quaternary nitrogens is 1. The molecule has 0 aliphatic carbocycles. The first-order valence-corrected chi connectivity index (χ1v) is 13.3. The van der Waals surface area contributed by atoms with Gasteiger partial charge in [0.25, 0.3) is 0 Å². The van der Waals surface area contributed by atoms with E-state index in [1.165, 1.54) is 12.8 Å². The highest BCUT2D eigenvalue weighted by atomic mass is 32.2. The minimum Gasteiger partial charge on any atom is -0.515 e. The van der Waals surface area contributed by atoms with Crippen LogP contribution in [0.15, 0.2) is 11.3 Å². The average Bonchev–Trinajstić information content (AvgIpc) is 2.90. The smallest absolute Gasteiger partial charge is 0.341 e. The summed E-state index contributed by atoms with van der Waals surface area (Å²) in [5.74, 6) is 0.627. The van der Waals surface area contributed by atoms with Crippen molar-refractivity contribution >= 4 is 32.0 Å². The van der Waals surface area contributed by atoms with Crippen molar-refractivity contribution < 1.29 is 18.5 Å². The standard InChI is InChI=1S/C17H29N2O3SSi/c1-12-15(20)18-14(17(21)22-24(3,4)5)13(11-23-16(12)18)10-19(2)8-6-7-9-19/h12,16H,6-11H2,1-5H3/q+1. The zero-order chi connectivity index (χ0) is 17.7. The van der Waals surface area contributed by atoms with Gasteiger partial charge in [-0.2, -0.15) is 0 Å². The van der Waals surface area contributed by atoms with Gasteiger partial charge in [-0.3, -0.25) is 9.69 Å². The average molecular weight is 370 g/mol. The number of thioether (sulfide) groups is 1. The quantitative estimate of drug-likeness (QED) is 0.434. The second-order valence-corrected chi connectivity index (χ2v) is 14.1. The van der Waals surface area contributed by atoms with Gasteiger partial charge >= 0.3 is 5.97 Å². The van der Waals surface area contributed by atoms with Crippen molar-refractivity contribution in [3.8, 4) is 0 Å². The van der Waals surface area contributed by atoms with E-state index in [-0.39, 0.29) is 23.2 Å². The van der Waals surface area contributed by atoms with E-state index in [2.05, 4.69) is 7.05 Å². The van der Waals surface area contributed by atoms with Gasteiger partial charge in [-0.15, -0.1) is 11.8 Å². The number of β-lactam (4-membered cyclic amide) rings is 1. The molecule has 3 aliphatic rings. The molecular formula is C17H29N2O3SSi+. The Bertz CT molecular complexity index is 593. The molecule has 134 valence electrons. The monoisotopic (exact) mass is 369 g/mol. The van der Waals surface area contributed by atoms with E-state index in [9.17, 15) is 9.59 Å². The largest absolute Gasteiger partial charge is 0.515 e. The summed E-state index contributed by atoms with van der Waals surface area (Å²) >= 11 is 1.79. The molecular weight excluding hydrogens is 340 g/mol. The number of carbonyl (C=O) groups is 2. The lowest BCUT2D eigenvalue weighted by molar-refractivity contribution is -0.893. The molecule has 3 aliphatic heterocycles. The highest BCUT2D eigenvalue weighted by Crippen LogP contribution is 2.44. The minimum absolute atomic E-state index is 0.00258. The lowest BCUT2D eigenvalue weighted by Gasteiger charge is -2.49. The molecule has 0 aromatic carbocycles. The highest BCUT2D eigenvalue weighted by molar-refractivity contribution is 8.00. The number of likely N-dealkylation sites (tertiary alicyclic amines) is 1. The molecule has 2 saturated heterocycles. The van der Waals surface area contributed by atoms with Crippen LogP contribution in [0.2, 0.25) is 19.6 Å². The van der Waals surface area contributed by atoms with E-state index in [1.807, 2.05) is 26.6 Å². The van der Waals surface area contributed by atoms with Crippen LogP contribution < -0.4 is 0 Å². The molecule has 0 bridgehead atoms. The fraction of sp³-hybridized carbons (Fsp3) is 0.765. The first-order chi connectivity index (χ1) is 11.1. The van der Waals surface area contributed by atoms with E-state index in [1.54, 1.807) is 16.7 Å². The third-order valence-electron chi connectivity index (χ3n) is 5.12. The van der Waals surface area contributed by atoms with Crippen LogP contribution in [0, 0.1) is 5.92 Å². The maximum absolute atomic E-state index is 12.9. The normalized spacial score (nSPS) is 29.4. The third-order valence-corrected chi connectivity index (χ3v) is 7.40. The van der Waals surface area contributed by atoms with E-state index in [0.29, 0.717) is 5.70 Å². The molecule has 2 fully saturated rings. The van der Waals surface area contributed by atoms with Crippen LogP contribution in [0.25, 0.3) is 0 Å². The van der Waals surface area contributed by atoms with E-state index < -0.39 is 8.32 Å². The predicted molar refractivity (Wildman–Crippen MR) is 98.7 cm³/mol. The molecule has 2 unspecified atom stereocenters. The van der Waals surface area contributed by atoms with Crippen molar-refractivity contribution in [3.63, 3.8) is 0 Å². The lowest BCUT2D eigenvalue weighted by Crippen LogP contribution is -2.61. The first-order valence-electron chi connectivity index (χ1n) is 8.85. The van der Waals surface area contributed by atoms with Gasteiger partial charge in [-0.05, 0) is 19.6 Å². The van der Waals surface area contributed by atoms with Gasteiger partial charge in [-0.1, -0.05) is 6.92 Å². The van der Waals surface area contributed by atoms with Crippen LogP contribution in [0.5, 0.6) is 0 Å². The molecule has 24 heavy (non-hydrogen) atoms.